The van der Waals surface area contributed by atoms with E-state index in [2.05, 4.69) is 58.3 Å². The second-order valence-electron chi connectivity index (χ2n) is 5.85. The van der Waals surface area contributed by atoms with Gasteiger partial charge in [0.05, 0.1) is 0 Å². The first-order chi connectivity index (χ1) is 9.72. The van der Waals surface area contributed by atoms with Gasteiger partial charge in [0.2, 0.25) is 0 Å². The SMILES string of the molecule is CCCNCc1cc(Br)ccc1N(C)C1CCCCC1. The van der Waals surface area contributed by atoms with Crippen LogP contribution in [0.3, 0.4) is 0 Å². The smallest absolute Gasteiger partial charge is 0.0412 e. The largest absolute Gasteiger partial charge is 0.371 e. The number of benzene rings is 1. The highest BCUT2D eigenvalue weighted by Gasteiger charge is 2.20. The van der Waals surface area contributed by atoms with Crippen LogP contribution < -0.4 is 10.2 Å². The third-order valence-corrected chi connectivity index (χ3v) is 4.78. The zero-order chi connectivity index (χ0) is 14.4. The molecule has 1 aromatic rings. The second-order valence-corrected chi connectivity index (χ2v) is 6.77. The summed E-state index contributed by atoms with van der Waals surface area (Å²) in [7, 11) is 2.27. The third kappa shape index (κ3) is 4.23. The number of rotatable bonds is 6. The monoisotopic (exact) mass is 338 g/mol. The highest BCUT2D eigenvalue weighted by Crippen LogP contribution is 2.30. The van der Waals surface area contributed by atoms with E-state index in [1.54, 1.807) is 0 Å². The Kier molecular flexibility index (Phi) is 6.37. The Balaban J connectivity index is 2.11. The Bertz CT molecular complexity index is 413. The van der Waals surface area contributed by atoms with E-state index in [1.165, 1.54) is 54.2 Å². The van der Waals surface area contributed by atoms with Crippen molar-refractivity contribution in [1.82, 2.24) is 5.32 Å². The predicted octanol–water partition coefficient (Wildman–Crippen LogP) is 4.72. The Hall–Kier alpha value is -0.540. The molecule has 3 heteroatoms. The van der Waals surface area contributed by atoms with Gasteiger partial charge in [0, 0.05) is 29.8 Å². The minimum absolute atomic E-state index is 0.717. The molecule has 1 aromatic carbocycles. The minimum Gasteiger partial charge on any atom is -0.371 e. The van der Waals surface area contributed by atoms with Crippen LogP contribution in [0.5, 0.6) is 0 Å². The molecule has 1 aliphatic rings. The summed E-state index contributed by atoms with van der Waals surface area (Å²) in [6.07, 6.45) is 8.05. The second kappa shape index (κ2) is 8.04. The fraction of sp³-hybridized carbons (Fsp3) is 0.647. The van der Waals surface area contributed by atoms with Gasteiger partial charge in [0.15, 0.2) is 0 Å². The van der Waals surface area contributed by atoms with Crippen LogP contribution in [0.4, 0.5) is 5.69 Å². The van der Waals surface area contributed by atoms with Crippen LogP contribution in [-0.2, 0) is 6.54 Å². The van der Waals surface area contributed by atoms with Crippen molar-refractivity contribution >= 4 is 21.6 Å². The molecule has 0 aromatic heterocycles. The van der Waals surface area contributed by atoms with E-state index < -0.39 is 0 Å². The molecular weight excluding hydrogens is 312 g/mol. The zero-order valence-corrected chi connectivity index (χ0v) is 14.4. The maximum atomic E-state index is 3.60. The molecule has 0 heterocycles. The molecule has 20 heavy (non-hydrogen) atoms. The highest BCUT2D eigenvalue weighted by molar-refractivity contribution is 9.10. The van der Waals surface area contributed by atoms with Gasteiger partial charge in [-0.2, -0.15) is 0 Å². The van der Waals surface area contributed by atoms with E-state index in [4.69, 9.17) is 0 Å². The normalized spacial score (nSPS) is 16.4. The Morgan fingerprint density at radius 2 is 2.00 bits per heavy atom. The summed E-state index contributed by atoms with van der Waals surface area (Å²) in [4.78, 5) is 2.51. The van der Waals surface area contributed by atoms with Gasteiger partial charge in [-0.3, -0.25) is 0 Å². The van der Waals surface area contributed by atoms with E-state index in [-0.39, 0.29) is 0 Å². The molecule has 0 saturated heterocycles. The Morgan fingerprint density at radius 1 is 1.25 bits per heavy atom. The van der Waals surface area contributed by atoms with E-state index in [0.29, 0.717) is 0 Å². The summed E-state index contributed by atoms with van der Waals surface area (Å²) in [6, 6.07) is 7.41. The van der Waals surface area contributed by atoms with E-state index in [0.717, 1.165) is 19.1 Å². The first-order valence-corrected chi connectivity index (χ1v) is 8.73. The topological polar surface area (TPSA) is 15.3 Å². The van der Waals surface area contributed by atoms with Crippen LogP contribution in [0.2, 0.25) is 0 Å². The fourth-order valence-corrected chi connectivity index (χ4v) is 3.51. The maximum Gasteiger partial charge on any atom is 0.0412 e. The Labute approximate surface area is 132 Å². The maximum absolute atomic E-state index is 3.60. The van der Waals surface area contributed by atoms with Crippen LogP contribution in [-0.4, -0.2) is 19.6 Å². The van der Waals surface area contributed by atoms with E-state index in [1.807, 2.05) is 0 Å². The van der Waals surface area contributed by atoms with E-state index >= 15 is 0 Å². The number of nitrogens with one attached hydrogen (secondary N) is 1. The average molecular weight is 339 g/mol. The van der Waals surface area contributed by atoms with E-state index in [9.17, 15) is 0 Å². The number of nitrogens with zero attached hydrogens (tertiary/aromatic N) is 1. The highest BCUT2D eigenvalue weighted by atomic mass is 79.9. The molecule has 0 bridgehead atoms. The quantitative estimate of drug-likeness (QED) is 0.755. The lowest BCUT2D eigenvalue weighted by Crippen LogP contribution is -2.34. The standard InChI is InChI=1S/C17H27BrN2/c1-3-11-19-13-14-12-15(18)9-10-17(14)20(2)16-7-5-4-6-8-16/h9-10,12,16,19H,3-8,11,13H2,1-2H3. The van der Waals surface area contributed by atoms with Gasteiger partial charge in [0.1, 0.15) is 0 Å². The van der Waals surface area contributed by atoms with Crippen LogP contribution >= 0.6 is 15.9 Å². The lowest BCUT2D eigenvalue weighted by atomic mass is 9.94. The van der Waals surface area contributed by atoms with Crippen LogP contribution in [0, 0.1) is 0 Å². The van der Waals surface area contributed by atoms with Gasteiger partial charge in [-0.15, -0.1) is 0 Å². The summed E-state index contributed by atoms with van der Waals surface area (Å²) in [6.45, 7) is 4.25. The molecule has 0 unspecified atom stereocenters. The Morgan fingerprint density at radius 3 is 2.70 bits per heavy atom. The van der Waals surface area contributed by atoms with Crippen molar-refractivity contribution in [3.05, 3.63) is 28.2 Å². The van der Waals surface area contributed by atoms with Crippen molar-refractivity contribution in [2.75, 3.05) is 18.5 Å². The first kappa shape index (κ1) is 15.8. The molecule has 112 valence electrons. The van der Waals surface area contributed by atoms with Gasteiger partial charge in [0.25, 0.3) is 0 Å². The molecule has 1 fully saturated rings. The van der Waals surface area contributed by atoms with Crippen molar-refractivity contribution in [3.8, 4) is 0 Å². The molecule has 0 atom stereocenters. The minimum atomic E-state index is 0.717. The zero-order valence-electron chi connectivity index (χ0n) is 12.8. The van der Waals surface area contributed by atoms with Crippen LogP contribution in [0.15, 0.2) is 22.7 Å². The average Bonchev–Trinajstić information content (AvgIpc) is 2.48. The first-order valence-electron chi connectivity index (χ1n) is 7.94. The molecule has 2 rings (SSSR count). The number of anilines is 1. The molecule has 1 saturated carbocycles. The summed E-state index contributed by atoms with van der Waals surface area (Å²) in [5.41, 5.74) is 2.80. The molecular formula is C17H27BrN2. The molecule has 1 N–H and O–H groups in total. The van der Waals surface area contributed by atoms with Crippen LogP contribution in [0.1, 0.15) is 51.0 Å². The number of hydrogen-bond donors (Lipinski definition) is 1. The van der Waals surface area contributed by atoms with Crippen molar-refractivity contribution < 1.29 is 0 Å². The van der Waals surface area contributed by atoms with Gasteiger partial charge in [-0.05, 0) is 49.6 Å². The van der Waals surface area contributed by atoms with Crippen molar-refractivity contribution in [2.24, 2.45) is 0 Å². The van der Waals surface area contributed by atoms with Gasteiger partial charge in [-0.1, -0.05) is 42.1 Å². The summed E-state index contributed by atoms with van der Waals surface area (Å²) < 4.78 is 1.17. The van der Waals surface area contributed by atoms with Gasteiger partial charge < -0.3 is 10.2 Å². The van der Waals surface area contributed by atoms with Gasteiger partial charge in [-0.25, -0.2) is 0 Å². The molecule has 2 nitrogen and oxygen atoms in total. The lowest BCUT2D eigenvalue weighted by Gasteiger charge is -2.34. The molecule has 0 aliphatic heterocycles. The van der Waals surface area contributed by atoms with Crippen molar-refractivity contribution in [2.45, 2.75) is 58.0 Å². The summed E-state index contributed by atoms with van der Waals surface area (Å²) in [5, 5.41) is 3.53. The third-order valence-electron chi connectivity index (χ3n) is 4.29. The van der Waals surface area contributed by atoms with Crippen LogP contribution in [0.25, 0.3) is 0 Å². The van der Waals surface area contributed by atoms with Gasteiger partial charge >= 0.3 is 0 Å². The van der Waals surface area contributed by atoms with Crippen molar-refractivity contribution in [1.29, 1.82) is 0 Å². The number of hydrogen-bond acceptors (Lipinski definition) is 2. The lowest BCUT2D eigenvalue weighted by molar-refractivity contribution is 0.427. The fourth-order valence-electron chi connectivity index (χ4n) is 3.10. The summed E-state index contributed by atoms with van der Waals surface area (Å²) >= 11 is 3.60. The predicted molar refractivity (Wildman–Crippen MR) is 91.4 cm³/mol. The molecule has 0 spiro atoms. The molecule has 0 amide bonds. The molecule has 0 radical (unpaired) electrons. The van der Waals surface area contributed by atoms with Crippen molar-refractivity contribution in [3.63, 3.8) is 0 Å². The molecule has 1 aliphatic carbocycles. The number of halogens is 1. The summed E-state index contributed by atoms with van der Waals surface area (Å²) in [5.74, 6) is 0.